The molecular weight excluding hydrogens is 368 g/mol. The van der Waals surface area contributed by atoms with Crippen molar-refractivity contribution < 1.29 is 9.53 Å². The number of amides is 1. The molecule has 0 atom stereocenters. The zero-order chi connectivity index (χ0) is 20.5. The van der Waals surface area contributed by atoms with E-state index in [1.807, 2.05) is 72.3 Å². The normalized spacial score (nSPS) is 11.0. The zero-order valence-electron chi connectivity index (χ0n) is 16.5. The minimum atomic E-state index is -0.260. The van der Waals surface area contributed by atoms with E-state index in [-0.39, 0.29) is 18.0 Å². The predicted molar refractivity (Wildman–Crippen MR) is 113 cm³/mol. The molecule has 0 saturated carbocycles. The molecule has 2 heterocycles. The summed E-state index contributed by atoms with van der Waals surface area (Å²) in [5.74, 6) is 0.505. The number of carbonyl (C=O) groups excluding carboxylic acids is 1. The van der Waals surface area contributed by atoms with Crippen molar-refractivity contribution in [1.82, 2.24) is 13.9 Å². The van der Waals surface area contributed by atoms with Crippen LogP contribution in [0.2, 0.25) is 0 Å². The lowest BCUT2D eigenvalue weighted by Crippen LogP contribution is -2.24. The largest absolute Gasteiger partial charge is 0.497 e. The summed E-state index contributed by atoms with van der Waals surface area (Å²) in [4.78, 5) is 25.6. The number of methoxy groups -OCH3 is 1. The van der Waals surface area contributed by atoms with Crippen LogP contribution in [0, 0.1) is 6.92 Å². The lowest BCUT2D eigenvalue weighted by molar-refractivity contribution is -0.116. The number of aromatic nitrogens is 3. The highest BCUT2D eigenvalue weighted by Gasteiger charge is 2.18. The quantitative estimate of drug-likeness (QED) is 0.569. The van der Waals surface area contributed by atoms with Gasteiger partial charge >= 0.3 is 0 Å². The molecule has 0 fully saturated rings. The van der Waals surface area contributed by atoms with Crippen molar-refractivity contribution >= 4 is 22.5 Å². The highest BCUT2D eigenvalue weighted by atomic mass is 16.5. The van der Waals surface area contributed by atoms with Gasteiger partial charge in [0.25, 0.3) is 5.56 Å². The fraction of sp³-hybridized carbons (Fsp3) is 0.182. The van der Waals surface area contributed by atoms with Crippen LogP contribution in [0.5, 0.6) is 5.75 Å². The Labute approximate surface area is 167 Å². The Morgan fingerprint density at radius 1 is 1.10 bits per heavy atom. The van der Waals surface area contributed by atoms with E-state index >= 15 is 0 Å². The molecule has 1 N–H and O–H groups in total. The minimum Gasteiger partial charge on any atom is -0.497 e. The van der Waals surface area contributed by atoms with E-state index in [1.54, 1.807) is 23.5 Å². The van der Waals surface area contributed by atoms with Gasteiger partial charge in [0.15, 0.2) is 0 Å². The number of anilines is 1. The van der Waals surface area contributed by atoms with Gasteiger partial charge in [0.05, 0.1) is 18.5 Å². The Kier molecular flexibility index (Phi) is 4.72. The van der Waals surface area contributed by atoms with Gasteiger partial charge in [-0.2, -0.15) is 0 Å². The third-order valence-electron chi connectivity index (χ3n) is 5.11. The van der Waals surface area contributed by atoms with Crippen molar-refractivity contribution in [2.24, 2.45) is 7.05 Å². The molecule has 2 aromatic heterocycles. The number of carbonyl (C=O) groups is 1. The molecule has 0 aliphatic rings. The molecule has 29 heavy (non-hydrogen) atoms. The number of hydrogen-bond donors (Lipinski definition) is 1. The third kappa shape index (κ3) is 3.31. The topological polar surface area (TPSA) is 70.2 Å². The number of fused-ring (bicyclic) bond motifs is 1. The van der Waals surface area contributed by atoms with E-state index in [1.165, 1.54) is 0 Å². The number of ether oxygens (including phenoxy) is 1. The summed E-state index contributed by atoms with van der Waals surface area (Å²) in [7, 11) is 3.42. The number of benzene rings is 2. The van der Waals surface area contributed by atoms with Crippen molar-refractivity contribution in [2.45, 2.75) is 13.5 Å². The summed E-state index contributed by atoms with van der Waals surface area (Å²) in [5.41, 5.74) is 2.39. The Hall–Kier alpha value is -3.74. The second-order valence-electron chi connectivity index (χ2n) is 6.85. The van der Waals surface area contributed by atoms with Gasteiger partial charge in [-0.25, -0.2) is 4.68 Å². The van der Waals surface area contributed by atoms with Crippen LogP contribution < -0.4 is 15.6 Å². The van der Waals surface area contributed by atoms with E-state index in [0.717, 1.165) is 22.3 Å². The molecule has 0 saturated heterocycles. The molecule has 0 spiro atoms. The monoisotopic (exact) mass is 390 g/mol. The second-order valence-corrected chi connectivity index (χ2v) is 6.85. The van der Waals surface area contributed by atoms with E-state index < -0.39 is 0 Å². The lowest BCUT2D eigenvalue weighted by atomic mass is 10.2. The van der Waals surface area contributed by atoms with Gasteiger partial charge in [-0.15, -0.1) is 0 Å². The number of rotatable bonds is 5. The first kappa shape index (κ1) is 18.6. The highest BCUT2D eigenvalue weighted by Crippen LogP contribution is 2.22. The van der Waals surface area contributed by atoms with Crippen LogP contribution in [0.15, 0.2) is 65.6 Å². The maximum atomic E-state index is 12.9. The van der Waals surface area contributed by atoms with Crippen molar-refractivity contribution in [3.8, 4) is 11.4 Å². The first-order valence-corrected chi connectivity index (χ1v) is 9.26. The SMILES string of the molecule is COc1ccc2c(ccn2CC(=O)Nc2c(C)n(C)n(-c3ccccc3)c2=O)c1. The molecule has 4 aromatic rings. The Morgan fingerprint density at radius 2 is 1.86 bits per heavy atom. The van der Waals surface area contributed by atoms with Crippen LogP contribution in [-0.4, -0.2) is 26.9 Å². The summed E-state index contributed by atoms with van der Waals surface area (Å²) in [6.07, 6.45) is 1.85. The molecule has 0 bridgehead atoms. The summed E-state index contributed by atoms with van der Waals surface area (Å²) >= 11 is 0. The van der Waals surface area contributed by atoms with Gasteiger partial charge in [-0.05, 0) is 43.3 Å². The van der Waals surface area contributed by atoms with Gasteiger partial charge in [-0.3, -0.25) is 14.3 Å². The minimum absolute atomic E-state index is 0.106. The molecule has 7 nitrogen and oxygen atoms in total. The van der Waals surface area contributed by atoms with Gasteiger partial charge in [0.1, 0.15) is 18.0 Å². The van der Waals surface area contributed by atoms with Crippen molar-refractivity contribution in [3.63, 3.8) is 0 Å². The van der Waals surface area contributed by atoms with E-state index in [0.29, 0.717) is 11.4 Å². The Bertz CT molecular complexity index is 1250. The molecule has 4 rings (SSSR count). The van der Waals surface area contributed by atoms with Gasteiger partial charge < -0.3 is 14.6 Å². The Balaban J connectivity index is 1.60. The predicted octanol–water partition coefficient (Wildman–Crippen LogP) is 3.09. The fourth-order valence-electron chi connectivity index (χ4n) is 3.49. The fourth-order valence-corrected chi connectivity index (χ4v) is 3.49. The van der Waals surface area contributed by atoms with Crippen LogP contribution >= 0.6 is 0 Å². The lowest BCUT2D eigenvalue weighted by Gasteiger charge is -2.07. The van der Waals surface area contributed by atoms with Crippen molar-refractivity contribution in [3.05, 3.63) is 76.8 Å². The molecule has 0 radical (unpaired) electrons. The van der Waals surface area contributed by atoms with E-state index in [4.69, 9.17) is 4.74 Å². The third-order valence-corrected chi connectivity index (χ3v) is 5.11. The van der Waals surface area contributed by atoms with Crippen LogP contribution in [0.1, 0.15) is 5.69 Å². The van der Waals surface area contributed by atoms with Gasteiger partial charge in [0, 0.05) is 24.1 Å². The van der Waals surface area contributed by atoms with Crippen LogP contribution in [0.25, 0.3) is 16.6 Å². The Morgan fingerprint density at radius 3 is 2.59 bits per heavy atom. The maximum Gasteiger partial charge on any atom is 0.295 e. The van der Waals surface area contributed by atoms with Crippen molar-refractivity contribution in [1.29, 1.82) is 0 Å². The van der Waals surface area contributed by atoms with Gasteiger partial charge in [-0.1, -0.05) is 18.2 Å². The van der Waals surface area contributed by atoms with Crippen molar-refractivity contribution in [2.75, 3.05) is 12.4 Å². The van der Waals surface area contributed by atoms with E-state index in [2.05, 4.69) is 5.32 Å². The summed E-state index contributed by atoms with van der Waals surface area (Å²) in [6.45, 7) is 1.92. The van der Waals surface area contributed by atoms with Crippen LogP contribution in [0.4, 0.5) is 5.69 Å². The average molecular weight is 390 g/mol. The average Bonchev–Trinajstić information content (AvgIpc) is 3.22. The number of nitrogens with one attached hydrogen (secondary N) is 1. The second kappa shape index (κ2) is 7.35. The summed E-state index contributed by atoms with van der Waals surface area (Å²) < 4.78 is 10.4. The van der Waals surface area contributed by atoms with Crippen LogP contribution in [0.3, 0.4) is 0 Å². The summed E-state index contributed by atoms with van der Waals surface area (Å²) in [6, 6.07) is 17.0. The number of para-hydroxylation sites is 1. The van der Waals surface area contributed by atoms with E-state index in [9.17, 15) is 9.59 Å². The molecule has 7 heteroatoms. The number of hydrogen-bond acceptors (Lipinski definition) is 3. The summed E-state index contributed by atoms with van der Waals surface area (Å²) in [5, 5.41) is 3.78. The van der Waals surface area contributed by atoms with Crippen LogP contribution in [-0.2, 0) is 18.4 Å². The molecule has 0 aliphatic heterocycles. The smallest absolute Gasteiger partial charge is 0.295 e. The molecule has 1 amide bonds. The van der Waals surface area contributed by atoms with Gasteiger partial charge in [0.2, 0.25) is 5.91 Å². The molecule has 2 aromatic carbocycles. The molecule has 0 unspecified atom stereocenters. The molecule has 148 valence electrons. The first-order valence-electron chi connectivity index (χ1n) is 9.26. The number of nitrogens with zero attached hydrogens (tertiary/aromatic N) is 3. The first-order chi connectivity index (χ1) is 14.0. The standard InChI is InChI=1S/C22H22N4O3/c1-15-21(22(28)26(24(15)2)17-7-5-4-6-8-17)23-20(27)14-25-12-11-16-13-18(29-3)9-10-19(16)25/h4-13H,14H2,1-3H3,(H,23,27). The highest BCUT2D eigenvalue weighted by molar-refractivity contribution is 5.92. The zero-order valence-corrected chi connectivity index (χ0v) is 16.5. The molecule has 0 aliphatic carbocycles. The molecular formula is C22H22N4O3. The maximum absolute atomic E-state index is 12.9.